The van der Waals surface area contributed by atoms with Gasteiger partial charge < -0.3 is 24.5 Å². The van der Waals surface area contributed by atoms with Crippen molar-refractivity contribution in [2.24, 2.45) is 0 Å². The normalized spacial score (nSPS) is 10.5. The molecule has 0 saturated carbocycles. The van der Waals surface area contributed by atoms with E-state index in [0.29, 0.717) is 37.8 Å². The fraction of sp³-hybridized carbons (Fsp3) is 0.353. The fourth-order valence-corrected chi connectivity index (χ4v) is 1.96. The Hall–Kier alpha value is -2.31. The van der Waals surface area contributed by atoms with E-state index < -0.39 is 0 Å². The van der Waals surface area contributed by atoms with Crippen molar-refractivity contribution < 1.29 is 18.7 Å². The van der Waals surface area contributed by atoms with Crippen LogP contribution in [0.4, 0.5) is 5.69 Å². The summed E-state index contributed by atoms with van der Waals surface area (Å²) in [5.74, 6) is 1.28. The van der Waals surface area contributed by atoms with Crippen LogP contribution in [0.5, 0.6) is 5.75 Å². The van der Waals surface area contributed by atoms with Crippen LogP contribution in [0.25, 0.3) is 0 Å². The number of anilines is 1. The number of carbonyl (C=O) groups is 1. The molecule has 1 aromatic carbocycles. The van der Waals surface area contributed by atoms with Gasteiger partial charge in [0.15, 0.2) is 0 Å². The van der Waals surface area contributed by atoms with E-state index in [1.54, 1.807) is 12.3 Å². The Bertz CT molecular complexity index is 584. The van der Waals surface area contributed by atoms with Gasteiger partial charge >= 0.3 is 0 Å². The zero-order chi connectivity index (χ0) is 16.3. The summed E-state index contributed by atoms with van der Waals surface area (Å²) in [5, 5.41) is 5.85. The summed E-state index contributed by atoms with van der Waals surface area (Å²) >= 11 is 0. The second kappa shape index (κ2) is 9.66. The Balaban J connectivity index is 1.77. The average Bonchev–Trinajstić information content (AvgIpc) is 3.06. The summed E-state index contributed by atoms with van der Waals surface area (Å²) in [7, 11) is 0. The molecule has 2 N–H and O–H groups in total. The third-order valence-corrected chi connectivity index (χ3v) is 3.02. The number of ether oxygens (including phenoxy) is 2. The number of para-hydroxylation sites is 2. The summed E-state index contributed by atoms with van der Waals surface area (Å²) in [6.07, 6.45) is 1.60. The first kappa shape index (κ1) is 17.1. The molecule has 0 bridgehead atoms. The van der Waals surface area contributed by atoms with E-state index in [4.69, 9.17) is 13.9 Å². The van der Waals surface area contributed by atoms with Crippen molar-refractivity contribution in [3.05, 3.63) is 48.4 Å². The highest BCUT2D eigenvalue weighted by atomic mass is 16.5. The zero-order valence-electron chi connectivity index (χ0n) is 13.2. The topological polar surface area (TPSA) is 72.7 Å². The smallest absolute Gasteiger partial charge is 0.238 e. The molecule has 6 nitrogen and oxygen atoms in total. The molecule has 0 aliphatic carbocycles. The van der Waals surface area contributed by atoms with Crippen LogP contribution in [0, 0.1) is 0 Å². The van der Waals surface area contributed by atoms with Crippen LogP contribution in [0.3, 0.4) is 0 Å². The summed E-state index contributed by atoms with van der Waals surface area (Å²) < 4.78 is 16.1. The summed E-state index contributed by atoms with van der Waals surface area (Å²) in [6.45, 7) is 4.24. The molecule has 0 saturated heterocycles. The van der Waals surface area contributed by atoms with Gasteiger partial charge in [-0.05, 0) is 31.2 Å². The standard InChI is InChI=1S/C17H22N2O4/c1-2-21-10-11-23-16-8-4-3-7-15(16)19-17(20)13-18-12-14-6-5-9-22-14/h3-9,18H,2,10-13H2,1H3,(H,19,20). The molecule has 0 spiro atoms. The van der Waals surface area contributed by atoms with Gasteiger partial charge in [0.25, 0.3) is 0 Å². The lowest BCUT2D eigenvalue weighted by molar-refractivity contribution is -0.115. The van der Waals surface area contributed by atoms with Crippen molar-refractivity contribution in [2.75, 3.05) is 31.7 Å². The highest BCUT2D eigenvalue weighted by Gasteiger charge is 2.07. The van der Waals surface area contributed by atoms with Gasteiger partial charge in [-0.2, -0.15) is 0 Å². The van der Waals surface area contributed by atoms with E-state index in [1.165, 1.54) is 0 Å². The predicted molar refractivity (Wildman–Crippen MR) is 87.5 cm³/mol. The summed E-state index contributed by atoms with van der Waals surface area (Å²) in [5.41, 5.74) is 0.647. The fourth-order valence-electron chi connectivity index (χ4n) is 1.96. The number of benzene rings is 1. The van der Waals surface area contributed by atoms with Crippen LogP contribution in [0.15, 0.2) is 47.1 Å². The molecule has 1 amide bonds. The molecule has 0 aliphatic heterocycles. The molecule has 23 heavy (non-hydrogen) atoms. The number of rotatable bonds is 10. The first-order valence-electron chi connectivity index (χ1n) is 7.62. The average molecular weight is 318 g/mol. The molecular formula is C17H22N2O4. The summed E-state index contributed by atoms with van der Waals surface area (Å²) in [6, 6.07) is 11.0. The lowest BCUT2D eigenvalue weighted by Gasteiger charge is -2.12. The Morgan fingerprint density at radius 3 is 2.83 bits per heavy atom. The maximum atomic E-state index is 12.0. The van der Waals surface area contributed by atoms with E-state index >= 15 is 0 Å². The molecule has 2 rings (SSSR count). The first-order valence-corrected chi connectivity index (χ1v) is 7.62. The highest BCUT2D eigenvalue weighted by Crippen LogP contribution is 2.23. The minimum atomic E-state index is -0.141. The van der Waals surface area contributed by atoms with Crippen LogP contribution in [-0.2, 0) is 16.1 Å². The van der Waals surface area contributed by atoms with Crippen LogP contribution < -0.4 is 15.4 Å². The Morgan fingerprint density at radius 2 is 2.04 bits per heavy atom. The predicted octanol–water partition coefficient (Wildman–Crippen LogP) is 2.42. The minimum Gasteiger partial charge on any atom is -0.489 e. The van der Waals surface area contributed by atoms with E-state index in [-0.39, 0.29) is 12.5 Å². The number of furan rings is 1. The molecule has 0 atom stereocenters. The molecule has 0 fully saturated rings. The third kappa shape index (κ3) is 6.14. The number of amides is 1. The van der Waals surface area contributed by atoms with Gasteiger partial charge in [-0.15, -0.1) is 0 Å². The number of hydrogen-bond donors (Lipinski definition) is 2. The molecular weight excluding hydrogens is 296 g/mol. The SMILES string of the molecule is CCOCCOc1ccccc1NC(=O)CNCc1ccco1. The monoisotopic (exact) mass is 318 g/mol. The third-order valence-electron chi connectivity index (χ3n) is 3.02. The number of carbonyl (C=O) groups excluding carboxylic acids is 1. The van der Waals surface area contributed by atoms with E-state index in [0.717, 1.165) is 5.76 Å². The van der Waals surface area contributed by atoms with Crippen LogP contribution in [-0.4, -0.2) is 32.3 Å². The van der Waals surface area contributed by atoms with Crippen molar-refractivity contribution in [3.8, 4) is 5.75 Å². The zero-order valence-corrected chi connectivity index (χ0v) is 13.2. The molecule has 2 aromatic rings. The van der Waals surface area contributed by atoms with Gasteiger partial charge in [-0.1, -0.05) is 12.1 Å². The second-order valence-electron chi connectivity index (χ2n) is 4.77. The Labute approximate surface area is 135 Å². The minimum absolute atomic E-state index is 0.141. The van der Waals surface area contributed by atoms with Gasteiger partial charge in [0, 0.05) is 6.61 Å². The van der Waals surface area contributed by atoms with Crippen molar-refractivity contribution in [1.82, 2.24) is 5.32 Å². The molecule has 124 valence electrons. The van der Waals surface area contributed by atoms with Crippen molar-refractivity contribution in [1.29, 1.82) is 0 Å². The van der Waals surface area contributed by atoms with Gasteiger partial charge in [0.1, 0.15) is 18.1 Å². The van der Waals surface area contributed by atoms with Gasteiger partial charge in [0.05, 0.1) is 31.6 Å². The van der Waals surface area contributed by atoms with Gasteiger partial charge in [0.2, 0.25) is 5.91 Å². The summed E-state index contributed by atoms with van der Waals surface area (Å²) in [4.78, 5) is 12.0. The maximum Gasteiger partial charge on any atom is 0.238 e. The maximum absolute atomic E-state index is 12.0. The first-order chi connectivity index (χ1) is 11.3. The lowest BCUT2D eigenvalue weighted by Crippen LogP contribution is -2.27. The molecule has 0 radical (unpaired) electrons. The Morgan fingerprint density at radius 1 is 1.17 bits per heavy atom. The van der Waals surface area contributed by atoms with Crippen LogP contribution in [0.1, 0.15) is 12.7 Å². The van der Waals surface area contributed by atoms with E-state index in [2.05, 4.69) is 10.6 Å². The molecule has 1 aromatic heterocycles. The van der Waals surface area contributed by atoms with Crippen LogP contribution in [0.2, 0.25) is 0 Å². The highest BCUT2D eigenvalue weighted by molar-refractivity contribution is 5.93. The van der Waals surface area contributed by atoms with Crippen molar-refractivity contribution in [3.63, 3.8) is 0 Å². The largest absolute Gasteiger partial charge is 0.489 e. The molecule has 0 unspecified atom stereocenters. The van der Waals surface area contributed by atoms with Crippen LogP contribution >= 0.6 is 0 Å². The van der Waals surface area contributed by atoms with Gasteiger partial charge in [-0.3, -0.25) is 4.79 Å². The quantitative estimate of drug-likeness (QED) is 0.658. The molecule has 1 heterocycles. The van der Waals surface area contributed by atoms with Crippen molar-refractivity contribution in [2.45, 2.75) is 13.5 Å². The lowest BCUT2D eigenvalue weighted by atomic mass is 10.3. The van der Waals surface area contributed by atoms with Gasteiger partial charge in [-0.25, -0.2) is 0 Å². The Kier molecular flexibility index (Phi) is 7.16. The van der Waals surface area contributed by atoms with E-state index in [1.807, 2.05) is 37.3 Å². The number of hydrogen-bond acceptors (Lipinski definition) is 5. The molecule has 0 aliphatic rings. The number of nitrogens with one attached hydrogen (secondary N) is 2. The second-order valence-corrected chi connectivity index (χ2v) is 4.77. The van der Waals surface area contributed by atoms with E-state index in [9.17, 15) is 4.79 Å². The van der Waals surface area contributed by atoms with Crippen molar-refractivity contribution >= 4 is 11.6 Å². The molecule has 6 heteroatoms.